The number of anilines is 1. The third-order valence-corrected chi connectivity index (χ3v) is 7.09. The highest BCUT2D eigenvalue weighted by atomic mass is 32.2. The Kier molecular flexibility index (Phi) is 6.21. The molecule has 9 heteroatoms. The van der Waals surface area contributed by atoms with E-state index >= 15 is 0 Å². The average Bonchev–Trinajstić information content (AvgIpc) is 3.10. The lowest BCUT2D eigenvalue weighted by Gasteiger charge is -2.24. The van der Waals surface area contributed by atoms with Crippen LogP contribution >= 0.6 is 0 Å². The van der Waals surface area contributed by atoms with Crippen LogP contribution in [-0.4, -0.2) is 31.0 Å². The highest BCUT2D eigenvalue weighted by Crippen LogP contribution is 2.35. The number of nitrogens with zero attached hydrogens (tertiary/aromatic N) is 3. The molecular weight excluding hydrogens is 452 g/mol. The minimum Gasteiger partial charge on any atom is -0.493 e. The molecule has 0 unspecified atom stereocenters. The number of azo groups is 1. The second-order valence-corrected chi connectivity index (χ2v) is 9.99. The van der Waals surface area contributed by atoms with Gasteiger partial charge in [-0.1, -0.05) is 42.0 Å². The number of carbonyl (C=O) groups is 1. The molecule has 0 atom stereocenters. The number of aryl methyl sites for hydroxylation is 3. The van der Waals surface area contributed by atoms with Gasteiger partial charge in [-0.15, -0.1) is 10.2 Å². The highest BCUT2D eigenvalue weighted by molar-refractivity contribution is 7.92. The number of sulfonamides is 1. The van der Waals surface area contributed by atoms with Crippen molar-refractivity contribution < 1.29 is 18.3 Å². The Hall–Kier alpha value is -3.98. The topological polar surface area (TPSA) is 115 Å². The van der Waals surface area contributed by atoms with Crippen molar-refractivity contribution in [2.45, 2.75) is 25.7 Å². The first kappa shape index (κ1) is 23.2. The Morgan fingerprint density at radius 1 is 0.941 bits per heavy atom. The molecule has 0 saturated carbocycles. The lowest BCUT2D eigenvalue weighted by molar-refractivity contribution is -0.116. The lowest BCUT2D eigenvalue weighted by Crippen LogP contribution is -2.35. The molecule has 0 fully saturated rings. The SMILES string of the molecule is Cc1ccc(S(=O)(=O)N(CC(=O)N=Nc2c(O)[nH]c3ccccc23)c2cc(C)cc(C)c2)cc1. The van der Waals surface area contributed by atoms with Gasteiger partial charge in [-0.3, -0.25) is 9.10 Å². The van der Waals surface area contributed by atoms with Crippen LogP contribution in [0.1, 0.15) is 16.7 Å². The van der Waals surface area contributed by atoms with Gasteiger partial charge in [-0.05, 0) is 62.2 Å². The number of aromatic amines is 1. The quantitative estimate of drug-likeness (QED) is 0.367. The summed E-state index contributed by atoms with van der Waals surface area (Å²) >= 11 is 0. The van der Waals surface area contributed by atoms with Gasteiger partial charge in [0.15, 0.2) is 5.69 Å². The van der Waals surface area contributed by atoms with E-state index in [2.05, 4.69) is 15.2 Å². The Balaban J connectivity index is 1.70. The zero-order valence-corrected chi connectivity index (χ0v) is 19.8. The fourth-order valence-electron chi connectivity index (χ4n) is 3.72. The van der Waals surface area contributed by atoms with E-state index in [1.807, 2.05) is 26.8 Å². The van der Waals surface area contributed by atoms with Crippen molar-refractivity contribution in [1.82, 2.24) is 4.98 Å². The molecule has 2 N–H and O–H groups in total. The molecule has 0 radical (unpaired) electrons. The minimum atomic E-state index is -4.06. The molecule has 4 aromatic rings. The summed E-state index contributed by atoms with van der Waals surface area (Å²) in [5, 5.41) is 18.4. The normalized spacial score (nSPS) is 11.9. The maximum atomic E-state index is 13.5. The second kappa shape index (κ2) is 9.11. The maximum Gasteiger partial charge on any atom is 0.285 e. The van der Waals surface area contributed by atoms with E-state index in [0.717, 1.165) is 21.0 Å². The monoisotopic (exact) mass is 476 g/mol. The molecule has 1 amide bonds. The first-order valence-corrected chi connectivity index (χ1v) is 12.0. The summed E-state index contributed by atoms with van der Waals surface area (Å²) in [6.07, 6.45) is 0. The number of hydrogen-bond acceptors (Lipinski definition) is 5. The van der Waals surface area contributed by atoms with Crippen LogP contribution in [0.25, 0.3) is 10.9 Å². The smallest absolute Gasteiger partial charge is 0.285 e. The fraction of sp³-hybridized carbons (Fsp3) is 0.160. The highest BCUT2D eigenvalue weighted by Gasteiger charge is 2.27. The molecule has 8 nitrogen and oxygen atoms in total. The Morgan fingerprint density at radius 2 is 1.59 bits per heavy atom. The van der Waals surface area contributed by atoms with Gasteiger partial charge in [-0.2, -0.15) is 0 Å². The first-order valence-electron chi connectivity index (χ1n) is 10.6. The van der Waals surface area contributed by atoms with E-state index in [1.165, 1.54) is 12.1 Å². The summed E-state index contributed by atoms with van der Waals surface area (Å²) in [6.45, 7) is 5.02. The Labute approximate surface area is 197 Å². The Bertz CT molecular complexity index is 1490. The zero-order valence-electron chi connectivity index (χ0n) is 19.0. The van der Waals surface area contributed by atoms with Crippen molar-refractivity contribution >= 4 is 38.2 Å². The third-order valence-electron chi connectivity index (χ3n) is 5.30. The molecule has 3 aromatic carbocycles. The van der Waals surface area contributed by atoms with Gasteiger partial charge in [0.2, 0.25) is 5.88 Å². The number of amides is 1. The van der Waals surface area contributed by atoms with Crippen molar-refractivity contribution in [1.29, 1.82) is 0 Å². The second-order valence-electron chi connectivity index (χ2n) is 8.13. The van der Waals surface area contributed by atoms with Gasteiger partial charge in [-0.25, -0.2) is 8.42 Å². The number of nitrogens with one attached hydrogen (secondary N) is 1. The number of rotatable bonds is 6. The van der Waals surface area contributed by atoms with Gasteiger partial charge in [0.25, 0.3) is 15.9 Å². The summed E-state index contributed by atoms with van der Waals surface area (Å²) < 4.78 is 28.1. The standard InChI is InChI=1S/C25H24N4O4S/c1-16-8-10-20(11-9-16)34(32,33)29(19-13-17(2)12-18(3)14-19)15-23(30)27-28-24-21-6-4-5-7-22(21)26-25(24)31/h4-14,26,31H,15H2,1-3H3. The van der Waals surface area contributed by atoms with Crippen LogP contribution in [0.15, 0.2) is 81.9 Å². The molecule has 0 aliphatic heterocycles. The number of aromatic hydroxyl groups is 1. The van der Waals surface area contributed by atoms with Crippen molar-refractivity contribution in [2.24, 2.45) is 10.2 Å². The molecule has 0 spiro atoms. The summed E-state index contributed by atoms with van der Waals surface area (Å²) in [4.78, 5) is 15.6. The third kappa shape index (κ3) is 4.69. The number of H-pyrrole nitrogens is 1. The zero-order chi connectivity index (χ0) is 24.5. The average molecular weight is 477 g/mol. The number of carbonyl (C=O) groups excluding carboxylic acids is 1. The van der Waals surface area contributed by atoms with E-state index in [-0.39, 0.29) is 16.5 Å². The van der Waals surface area contributed by atoms with Crippen LogP contribution in [0, 0.1) is 20.8 Å². The summed E-state index contributed by atoms with van der Waals surface area (Å²) in [7, 11) is -4.06. The van der Waals surface area contributed by atoms with Crippen LogP contribution in [-0.2, 0) is 14.8 Å². The number of fused-ring (bicyclic) bond motifs is 1. The minimum absolute atomic E-state index is 0.0660. The van der Waals surface area contributed by atoms with Crippen molar-refractivity contribution in [3.8, 4) is 5.88 Å². The van der Waals surface area contributed by atoms with E-state index < -0.39 is 22.5 Å². The number of hydrogen-bond donors (Lipinski definition) is 2. The molecule has 1 aromatic heterocycles. The van der Waals surface area contributed by atoms with E-state index in [1.54, 1.807) is 48.5 Å². The first-order chi connectivity index (χ1) is 16.1. The number of para-hydroxylation sites is 1. The number of aromatic nitrogens is 1. The van der Waals surface area contributed by atoms with E-state index in [4.69, 9.17) is 0 Å². The van der Waals surface area contributed by atoms with Crippen molar-refractivity contribution in [3.05, 3.63) is 83.4 Å². The molecule has 1 heterocycles. The van der Waals surface area contributed by atoms with Gasteiger partial charge in [0.1, 0.15) is 6.54 Å². The summed E-state index contributed by atoms with van der Waals surface area (Å²) in [6, 6.07) is 18.8. The van der Waals surface area contributed by atoms with E-state index in [9.17, 15) is 18.3 Å². The summed E-state index contributed by atoms with van der Waals surface area (Å²) in [5.41, 5.74) is 3.74. The van der Waals surface area contributed by atoms with Crippen LogP contribution in [0.4, 0.5) is 11.4 Å². The molecule has 174 valence electrons. The van der Waals surface area contributed by atoms with Gasteiger partial charge < -0.3 is 10.1 Å². The molecule has 0 aliphatic carbocycles. The molecular formula is C25H24N4O4S. The number of benzene rings is 3. The molecule has 34 heavy (non-hydrogen) atoms. The molecule has 0 bridgehead atoms. The maximum absolute atomic E-state index is 13.5. The van der Waals surface area contributed by atoms with Crippen LogP contribution in [0.2, 0.25) is 0 Å². The fourth-order valence-corrected chi connectivity index (χ4v) is 5.12. The predicted molar refractivity (Wildman–Crippen MR) is 131 cm³/mol. The molecule has 4 rings (SSSR count). The van der Waals surface area contributed by atoms with Gasteiger partial charge in [0, 0.05) is 5.39 Å². The van der Waals surface area contributed by atoms with Crippen molar-refractivity contribution in [3.63, 3.8) is 0 Å². The van der Waals surface area contributed by atoms with E-state index in [0.29, 0.717) is 16.6 Å². The lowest BCUT2D eigenvalue weighted by atomic mass is 10.1. The van der Waals surface area contributed by atoms with Gasteiger partial charge in [0.05, 0.1) is 16.1 Å². The van der Waals surface area contributed by atoms with Crippen molar-refractivity contribution in [2.75, 3.05) is 10.8 Å². The summed E-state index contributed by atoms with van der Waals surface area (Å²) in [5.74, 6) is -1.00. The van der Waals surface area contributed by atoms with Gasteiger partial charge >= 0.3 is 0 Å². The Morgan fingerprint density at radius 3 is 2.26 bits per heavy atom. The predicted octanol–water partition coefficient (Wildman–Crippen LogP) is 5.30. The molecule has 0 saturated heterocycles. The van der Waals surface area contributed by atoms with Crippen LogP contribution in [0.3, 0.4) is 0 Å². The molecule has 0 aliphatic rings. The largest absolute Gasteiger partial charge is 0.493 e. The van der Waals surface area contributed by atoms with Crippen LogP contribution < -0.4 is 4.31 Å². The van der Waals surface area contributed by atoms with Crippen LogP contribution in [0.5, 0.6) is 5.88 Å².